The van der Waals surface area contributed by atoms with Gasteiger partial charge in [-0.25, -0.2) is 9.48 Å². The Morgan fingerprint density at radius 3 is 2.51 bits per heavy atom. The standard InChI is InChI=1S/C25H21N5O5/c1-16-22(17(2)35-29-16)14-33-21-10-8-18(9-11-21)25(32)34-15-23(31)28-24-19(12-26)13-27-30(24)20-6-4-3-5-7-20/h3-11,13H,14-15H2,1-2H3,(H,28,31). The summed E-state index contributed by atoms with van der Waals surface area (Å²) in [7, 11) is 0. The van der Waals surface area contributed by atoms with Crippen molar-refractivity contribution < 1.29 is 23.6 Å². The number of nitriles is 1. The first-order valence-corrected chi connectivity index (χ1v) is 10.6. The van der Waals surface area contributed by atoms with Crippen LogP contribution in [0.15, 0.2) is 65.3 Å². The van der Waals surface area contributed by atoms with Gasteiger partial charge in [0.05, 0.1) is 28.7 Å². The zero-order valence-corrected chi connectivity index (χ0v) is 19.0. The minimum absolute atomic E-state index is 0.181. The number of rotatable bonds is 8. The monoisotopic (exact) mass is 471 g/mol. The second kappa shape index (κ2) is 10.4. The molecule has 0 radical (unpaired) electrons. The molecule has 0 atom stereocenters. The van der Waals surface area contributed by atoms with Gasteiger partial charge in [0.2, 0.25) is 0 Å². The number of carbonyl (C=O) groups excluding carboxylic acids is 2. The Labute approximate surface area is 200 Å². The molecule has 0 saturated carbocycles. The molecule has 0 aliphatic heterocycles. The lowest BCUT2D eigenvalue weighted by Gasteiger charge is -2.10. The van der Waals surface area contributed by atoms with Gasteiger partial charge < -0.3 is 19.3 Å². The van der Waals surface area contributed by atoms with Gasteiger partial charge in [-0.3, -0.25) is 4.79 Å². The highest BCUT2D eigenvalue weighted by molar-refractivity contribution is 5.95. The number of amides is 1. The summed E-state index contributed by atoms with van der Waals surface area (Å²) in [6, 6.07) is 17.4. The third kappa shape index (κ3) is 5.36. The molecule has 0 aliphatic rings. The highest BCUT2D eigenvalue weighted by Gasteiger charge is 2.17. The smallest absolute Gasteiger partial charge is 0.338 e. The topological polar surface area (TPSA) is 132 Å². The number of carbonyl (C=O) groups is 2. The fourth-order valence-electron chi connectivity index (χ4n) is 3.25. The molecule has 0 fully saturated rings. The first kappa shape index (κ1) is 23.3. The summed E-state index contributed by atoms with van der Waals surface area (Å²) in [6.45, 7) is 3.40. The molecule has 0 aliphatic carbocycles. The van der Waals surface area contributed by atoms with Crippen molar-refractivity contribution in [2.45, 2.75) is 20.5 Å². The number of nitrogens with one attached hydrogen (secondary N) is 1. The van der Waals surface area contributed by atoms with E-state index in [1.807, 2.05) is 38.1 Å². The molecule has 0 saturated heterocycles. The predicted molar refractivity (Wildman–Crippen MR) is 124 cm³/mol. The van der Waals surface area contributed by atoms with Gasteiger partial charge in [0.1, 0.15) is 29.7 Å². The Kier molecular flexibility index (Phi) is 6.88. The Balaban J connectivity index is 1.33. The predicted octanol–water partition coefficient (Wildman–Crippen LogP) is 3.72. The first-order valence-electron chi connectivity index (χ1n) is 10.6. The summed E-state index contributed by atoms with van der Waals surface area (Å²) in [5.41, 5.74) is 2.73. The molecule has 4 aromatic rings. The largest absolute Gasteiger partial charge is 0.489 e. The number of hydrogen-bond donors (Lipinski definition) is 1. The number of aryl methyl sites for hydroxylation is 2. The van der Waals surface area contributed by atoms with Crippen molar-refractivity contribution in [3.05, 3.63) is 88.9 Å². The van der Waals surface area contributed by atoms with Crippen molar-refractivity contribution in [2.24, 2.45) is 0 Å². The Bertz CT molecular complexity index is 1360. The van der Waals surface area contributed by atoms with Gasteiger partial charge in [-0.05, 0) is 50.2 Å². The van der Waals surface area contributed by atoms with Crippen molar-refractivity contribution in [2.75, 3.05) is 11.9 Å². The number of hydrogen-bond acceptors (Lipinski definition) is 8. The minimum Gasteiger partial charge on any atom is -0.489 e. The third-order valence-electron chi connectivity index (χ3n) is 5.14. The Morgan fingerprint density at radius 1 is 1.11 bits per heavy atom. The summed E-state index contributed by atoms with van der Waals surface area (Å²) in [5, 5.41) is 20.0. The minimum atomic E-state index is -0.672. The van der Waals surface area contributed by atoms with Crippen LogP contribution in [-0.2, 0) is 16.1 Å². The number of ether oxygens (including phenoxy) is 2. The van der Waals surface area contributed by atoms with E-state index < -0.39 is 18.5 Å². The molecular formula is C25H21N5O5. The summed E-state index contributed by atoms with van der Waals surface area (Å²) < 4.78 is 17.4. The van der Waals surface area contributed by atoms with E-state index in [-0.39, 0.29) is 23.6 Å². The van der Waals surface area contributed by atoms with Crippen LogP contribution < -0.4 is 10.1 Å². The van der Waals surface area contributed by atoms with E-state index in [1.54, 1.807) is 36.4 Å². The number of anilines is 1. The summed E-state index contributed by atoms with van der Waals surface area (Å²) >= 11 is 0. The first-order chi connectivity index (χ1) is 17.0. The number of benzene rings is 2. The molecule has 2 aromatic carbocycles. The lowest BCUT2D eigenvalue weighted by Crippen LogP contribution is -2.23. The number of esters is 1. The Hall–Kier alpha value is -4.91. The molecule has 4 rings (SSSR count). The van der Waals surface area contributed by atoms with E-state index in [1.165, 1.54) is 10.9 Å². The van der Waals surface area contributed by atoms with Crippen molar-refractivity contribution in [3.63, 3.8) is 0 Å². The van der Waals surface area contributed by atoms with Crippen molar-refractivity contribution in [1.82, 2.24) is 14.9 Å². The van der Waals surface area contributed by atoms with Gasteiger partial charge >= 0.3 is 5.97 Å². The molecular weight excluding hydrogens is 450 g/mol. The van der Waals surface area contributed by atoms with Gasteiger partial charge in [0.15, 0.2) is 12.4 Å². The lowest BCUT2D eigenvalue weighted by molar-refractivity contribution is -0.119. The normalized spacial score (nSPS) is 10.4. The molecule has 1 amide bonds. The number of para-hydroxylation sites is 1. The zero-order chi connectivity index (χ0) is 24.8. The van der Waals surface area contributed by atoms with Crippen LogP contribution in [0.25, 0.3) is 5.69 Å². The van der Waals surface area contributed by atoms with Gasteiger partial charge in [-0.15, -0.1) is 0 Å². The van der Waals surface area contributed by atoms with E-state index in [9.17, 15) is 14.9 Å². The number of nitrogens with zero attached hydrogens (tertiary/aromatic N) is 4. The molecule has 0 unspecified atom stereocenters. The average Bonchev–Trinajstić information content (AvgIpc) is 3.43. The highest BCUT2D eigenvalue weighted by atomic mass is 16.5. The third-order valence-corrected chi connectivity index (χ3v) is 5.14. The van der Waals surface area contributed by atoms with Crippen LogP contribution in [0.4, 0.5) is 5.82 Å². The van der Waals surface area contributed by atoms with Crippen LogP contribution in [0.1, 0.15) is 32.9 Å². The molecule has 35 heavy (non-hydrogen) atoms. The summed E-state index contributed by atoms with van der Waals surface area (Å²) in [5.74, 6) is 0.160. The van der Waals surface area contributed by atoms with E-state index in [0.717, 1.165) is 11.3 Å². The van der Waals surface area contributed by atoms with E-state index >= 15 is 0 Å². The highest BCUT2D eigenvalue weighted by Crippen LogP contribution is 2.20. The quantitative estimate of drug-likeness (QED) is 0.385. The molecule has 176 valence electrons. The maximum Gasteiger partial charge on any atom is 0.338 e. The molecule has 2 aromatic heterocycles. The van der Waals surface area contributed by atoms with Crippen LogP contribution in [0.5, 0.6) is 5.75 Å². The van der Waals surface area contributed by atoms with Crippen LogP contribution in [0.3, 0.4) is 0 Å². The fraction of sp³-hybridized carbons (Fsp3) is 0.160. The summed E-state index contributed by atoms with van der Waals surface area (Å²) in [6.07, 6.45) is 1.35. The summed E-state index contributed by atoms with van der Waals surface area (Å²) in [4.78, 5) is 24.8. The Morgan fingerprint density at radius 2 is 1.86 bits per heavy atom. The van der Waals surface area contributed by atoms with Crippen LogP contribution >= 0.6 is 0 Å². The van der Waals surface area contributed by atoms with Crippen LogP contribution in [-0.4, -0.2) is 33.4 Å². The number of aromatic nitrogens is 3. The van der Waals surface area contributed by atoms with Gasteiger partial charge in [-0.2, -0.15) is 10.4 Å². The van der Waals surface area contributed by atoms with Gasteiger partial charge in [-0.1, -0.05) is 23.4 Å². The molecule has 0 spiro atoms. The van der Waals surface area contributed by atoms with Crippen LogP contribution in [0, 0.1) is 25.2 Å². The second-order valence-electron chi connectivity index (χ2n) is 7.51. The molecule has 10 nitrogen and oxygen atoms in total. The zero-order valence-electron chi connectivity index (χ0n) is 19.0. The maximum absolute atomic E-state index is 12.4. The lowest BCUT2D eigenvalue weighted by atomic mass is 10.2. The second-order valence-corrected chi connectivity index (χ2v) is 7.51. The molecule has 1 N–H and O–H groups in total. The van der Waals surface area contributed by atoms with Gasteiger partial charge in [0, 0.05) is 0 Å². The van der Waals surface area contributed by atoms with E-state index in [0.29, 0.717) is 17.2 Å². The molecule has 2 heterocycles. The average molecular weight is 471 g/mol. The van der Waals surface area contributed by atoms with Crippen molar-refractivity contribution in [3.8, 4) is 17.5 Å². The van der Waals surface area contributed by atoms with Gasteiger partial charge in [0.25, 0.3) is 5.91 Å². The molecule has 0 bridgehead atoms. The molecule has 10 heteroatoms. The van der Waals surface area contributed by atoms with E-state index in [2.05, 4.69) is 15.6 Å². The maximum atomic E-state index is 12.4. The fourth-order valence-corrected chi connectivity index (χ4v) is 3.25. The van der Waals surface area contributed by atoms with Crippen molar-refractivity contribution >= 4 is 17.7 Å². The van der Waals surface area contributed by atoms with Crippen molar-refractivity contribution in [1.29, 1.82) is 5.26 Å². The van der Waals surface area contributed by atoms with Crippen LogP contribution in [0.2, 0.25) is 0 Å². The SMILES string of the molecule is Cc1noc(C)c1COc1ccc(C(=O)OCC(=O)Nc2c(C#N)cnn2-c2ccccc2)cc1. The van der Waals surface area contributed by atoms with E-state index in [4.69, 9.17) is 14.0 Å².